The van der Waals surface area contributed by atoms with Crippen LogP contribution >= 0.6 is 11.6 Å². The molecule has 1 aliphatic rings. The summed E-state index contributed by atoms with van der Waals surface area (Å²) in [5, 5.41) is 0.652. The van der Waals surface area contributed by atoms with Gasteiger partial charge in [0.2, 0.25) is 0 Å². The highest BCUT2D eigenvalue weighted by Crippen LogP contribution is 2.19. The van der Waals surface area contributed by atoms with Crippen LogP contribution in [0.25, 0.3) is 0 Å². The van der Waals surface area contributed by atoms with Gasteiger partial charge in [0.25, 0.3) is 5.91 Å². The number of benzene rings is 1. The molecule has 5 heteroatoms. The molecule has 0 bridgehead atoms. The van der Waals surface area contributed by atoms with E-state index in [1.165, 1.54) is 0 Å². The standard InChI is InChI=1S/C15H21ClN2O2/c1-11(17)12-3-2-8-18(9-12)15(19)10-20-14-6-4-13(16)5-7-14/h4-7,11-12H,2-3,8-10,17H2,1H3/t11-,12+/m0/s1. The number of piperidine rings is 1. The third kappa shape index (κ3) is 4.12. The minimum absolute atomic E-state index is 0.0188. The average molecular weight is 297 g/mol. The van der Waals surface area contributed by atoms with Crippen molar-refractivity contribution in [1.82, 2.24) is 4.90 Å². The molecule has 0 radical (unpaired) electrons. The summed E-state index contributed by atoms with van der Waals surface area (Å²) in [5.74, 6) is 1.07. The second kappa shape index (κ2) is 6.95. The molecule has 20 heavy (non-hydrogen) atoms. The highest BCUT2D eigenvalue weighted by Gasteiger charge is 2.25. The monoisotopic (exact) mass is 296 g/mol. The lowest BCUT2D eigenvalue weighted by Crippen LogP contribution is -2.46. The van der Waals surface area contributed by atoms with Crippen LogP contribution in [0.1, 0.15) is 19.8 Å². The van der Waals surface area contributed by atoms with E-state index in [9.17, 15) is 4.79 Å². The molecule has 0 aromatic heterocycles. The van der Waals surface area contributed by atoms with Crippen LogP contribution in [0.3, 0.4) is 0 Å². The number of amides is 1. The Labute approximate surface area is 124 Å². The summed E-state index contributed by atoms with van der Waals surface area (Å²) in [6, 6.07) is 7.14. The third-order valence-corrected chi connectivity index (χ3v) is 3.98. The van der Waals surface area contributed by atoms with E-state index in [2.05, 4.69) is 0 Å². The highest BCUT2D eigenvalue weighted by atomic mass is 35.5. The molecule has 0 spiro atoms. The SMILES string of the molecule is C[C@H](N)[C@@H]1CCCN(C(=O)COc2ccc(Cl)cc2)C1. The predicted molar refractivity (Wildman–Crippen MR) is 79.9 cm³/mol. The molecule has 2 rings (SSSR count). The van der Waals surface area contributed by atoms with Gasteiger partial charge >= 0.3 is 0 Å². The summed E-state index contributed by atoms with van der Waals surface area (Å²) in [6.07, 6.45) is 2.11. The highest BCUT2D eigenvalue weighted by molar-refractivity contribution is 6.30. The Hall–Kier alpha value is -1.26. The van der Waals surface area contributed by atoms with Crippen LogP contribution in [-0.4, -0.2) is 36.5 Å². The van der Waals surface area contributed by atoms with Gasteiger partial charge in [0.15, 0.2) is 6.61 Å². The number of hydrogen-bond donors (Lipinski definition) is 1. The first kappa shape index (κ1) is 15.1. The Bertz CT molecular complexity index is 448. The topological polar surface area (TPSA) is 55.6 Å². The largest absolute Gasteiger partial charge is 0.484 e. The van der Waals surface area contributed by atoms with Gasteiger partial charge in [-0.15, -0.1) is 0 Å². The molecule has 2 N–H and O–H groups in total. The summed E-state index contributed by atoms with van der Waals surface area (Å²) in [6.45, 7) is 3.60. The van der Waals surface area contributed by atoms with Gasteiger partial charge in [-0.2, -0.15) is 0 Å². The van der Waals surface area contributed by atoms with E-state index in [1.807, 2.05) is 11.8 Å². The predicted octanol–water partition coefficient (Wildman–Crippen LogP) is 2.30. The van der Waals surface area contributed by atoms with E-state index in [0.29, 0.717) is 16.7 Å². The number of likely N-dealkylation sites (tertiary alicyclic amines) is 1. The molecule has 4 nitrogen and oxygen atoms in total. The summed E-state index contributed by atoms with van der Waals surface area (Å²) in [4.78, 5) is 14.0. The molecular weight excluding hydrogens is 276 g/mol. The summed E-state index contributed by atoms with van der Waals surface area (Å²) in [5.41, 5.74) is 5.93. The molecule has 1 aromatic rings. The molecule has 110 valence electrons. The van der Waals surface area contributed by atoms with Crippen molar-refractivity contribution in [2.45, 2.75) is 25.8 Å². The first-order valence-electron chi connectivity index (χ1n) is 6.98. The third-order valence-electron chi connectivity index (χ3n) is 3.73. The van der Waals surface area contributed by atoms with Crippen LogP contribution in [0.15, 0.2) is 24.3 Å². The second-order valence-corrected chi connectivity index (χ2v) is 5.78. The van der Waals surface area contributed by atoms with Crippen molar-refractivity contribution in [3.63, 3.8) is 0 Å². The summed E-state index contributed by atoms with van der Waals surface area (Å²) in [7, 11) is 0. The number of hydrogen-bond acceptors (Lipinski definition) is 3. The van der Waals surface area contributed by atoms with Crippen molar-refractivity contribution in [3.05, 3.63) is 29.3 Å². The number of rotatable bonds is 4. The van der Waals surface area contributed by atoms with Crippen molar-refractivity contribution < 1.29 is 9.53 Å². The van der Waals surface area contributed by atoms with Gasteiger partial charge in [0.05, 0.1) is 0 Å². The normalized spacial score (nSPS) is 20.6. The fourth-order valence-corrected chi connectivity index (χ4v) is 2.56. The minimum atomic E-state index is 0.0188. The quantitative estimate of drug-likeness (QED) is 0.927. The van der Waals surface area contributed by atoms with Crippen molar-refractivity contribution in [2.24, 2.45) is 11.7 Å². The van der Waals surface area contributed by atoms with Crippen molar-refractivity contribution in [1.29, 1.82) is 0 Å². The Kier molecular flexibility index (Phi) is 5.26. The van der Waals surface area contributed by atoms with Crippen LogP contribution < -0.4 is 10.5 Å². The second-order valence-electron chi connectivity index (χ2n) is 5.34. The van der Waals surface area contributed by atoms with Crippen LogP contribution in [0.4, 0.5) is 0 Å². The maximum atomic E-state index is 12.1. The first-order valence-corrected chi connectivity index (χ1v) is 7.36. The van der Waals surface area contributed by atoms with Crippen LogP contribution in [0.2, 0.25) is 5.02 Å². The molecule has 1 aliphatic heterocycles. The van der Waals surface area contributed by atoms with Gasteiger partial charge in [0.1, 0.15) is 5.75 Å². The number of nitrogens with two attached hydrogens (primary N) is 1. The number of nitrogens with zero attached hydrogens (tertiary/aromatic N) is 1. The van der Waals surface area contributed by atoms with Gasteiger partial charge in [-0.1, -0.05) is 11.6 Å². The fraction of sp³-hybridized carbons (Fsp3) is 0.533. The molecule has 0 saturated carbocycles. The van der Waals surface area contributed by atoms with E-state index < -0.39 is 0 Å². The first-order chi connectivity index (χ1) is 9.56. The summed E-state index contributed by atoms with van der Waals surface area (Å²) >= 11 is 5.80. The summed E-state index contributed by atoms with van der Waals surface area (Å²) < 4.78 is 5.49. The van der Waals surface area contributed by atoms with E-state index >= 15 is 0 Å². The van der Waals surface area contributed by atoms with E-state index in [-0.39, 0.29) is 18.6 Å². The number of halogens is 1. The molecule has 1 heterocycles. The lowest BCUT2D eigenvalue weighted by atomic mass is 9.92. The number of carbonyl (C=O) groups is 1. The molecule has 2 atom stereocenters. The Morgan fingerprint density at radius 3 is 2.85 bits per heavy atom. The zero-order valence-electron chi connectivity index (χ0n) is 11.7. The Morgan fingerprint density at radius 1 is 1.50 bits per heavy atom. The van der Waals surface area contributed by atoms with E-state index in [0.717, 1.165) is 25.9 Å². The van der Waals surface area contributed by atoms with Crippen molar-refractivity contribution in [3.8, 4) is 5.75 Å². The lowest BCUT2D eigenvalue weighted by molar-refractivity contribution is -0.135. The molecular formula is C15H21ClN2O2. The van der Waals surface area contributed by atoms with Crippen molar-refractivity contribution in [2.75, 3.05) is 19.7 Å². The van der Waals surface area contributed by atoms with Gasteiger partial charge < -0.3 is 15.4 Å². The number of ether oxygens (including phenoxy) is 1. The van der Waals surface area contributed by atoms with Gasteiger partial charge in [-0.3, -0.25) is 4.79 Å². The Balaban J connectivity index is 1.83. The average Bonchev–Trinajstić information content (AvgIpc) is 2.46. The smallest absolute Gasteiger partial charge is 0.260 e. The van der Waals surface area contributed by atoms with Gasteiger partial charge in [-0.05, 0) is 49.9 Å². The molecule has 1 aromatic carbocycles. The zero-order chi connectivity index (χ0) is 14.5. The van der Waals surface area contributed by atoms with E-state index in [4.69, 9.17) is 22.1 Å². The maximum Gasteiger partial charge on any atom is 0.260 e. The van der Waals surface area contributed by atoms with Crippen LogP contribution in [0, 0.1) is 5.92 Å². The molecule has 1 saturated heterocycles. The fourth-order valence-electron chi connectivity index (χ4n) is 2.43. The van der Waals surface area contributed by atoms with Crippen molar-refractivity contribution >= 4 is 17.5 Å². The minimum Gasteiger partial charge on any atom is -0.484 e. The molecule has 0 aliphatic carbocycles. The van der Waals surface area contributed by atoms with E-state index in [1.54, 1.807) is 24.3 Å². The lowest BCUT2D eigenvalue weighted by Gasteiger charge is -2.34. The molecule has 0 unspecified atom stereocenters. The van der Waals surface area contributed by atoms with Gasteiger partial charge in [-0.25, -0.2) is 0 Å². The number of carbonyl (C=O) groups excluding carboxylic acids is 1. The van der Waals surface area contributed by atoms with Crippen LogP contribution in [-0.2, 0) is 4.79 Å². The van der Waals surface area contributed by atoms with Crippen LogP contribution in [0.5, 0.6) is 5.75 Å². The molecule has 1 fully saturated rings. The van der Waals surface area contributed by atoms with Gasteiger partial charge in [0, 0.05) is 24.2 Å². The zero-order valence-corrected chi connectivity index (χ0v) is 12.5. The Morgan fingerprint density at radius 2 is 2.20 bits per heavy atom. The maximum absolute atomic E-state index is 12.1. The molecule has 1 amide bonds.